The second-order valence-corrected chi connectivity index (χ2v) is 3.18. The van der Waals surface area contributed by atoms with Gasteiger partial charge < -0.3 is 9.47 Å². The van der Waals surface area contributed by atoms with E-state index in [9.17, 15) is 4.79 Å². The van der Waals surface area contributed by atoms with Gasteiger partial charge in [0.25, 0.3) is 0 Å². The van der Waals surface area contributed by atoms with Crippen molar-refractivity contribution >= 4 is 5.97 Å². The highest BCUT2D eigenvalue weighted by Crippen LogP contribution is 2.16. The Bertz CT molecular complexity index is 521. The number of carbonyl (C=O) groups excluding carboxylic acids is 1. The van der Waals surface area contributed by atoms with Crippen LogP contribution in [0.1, 0.15) is 10.5 Å². The van der Waals surface area contributed by atoms with Crippen molar-refractivity contribution in [1.82, 2.24) is 19.7 Å². The van der Waals surface area contributed by atoms with Crippen molar-refractivity contribution in [2.24, 2.45) is 7.05 Å². The van der Waals surface area contributed by atoms with Crippen LogP contribution in [0, 0.1) is 0 Å². The third-order valence-corrected chi connectivity index (χ3v) is 1.93. The Kier molecular flexibility index (Phi) is 2.99. The maximum absolute atomic E-state index is 11.1. The van der Waals surface area contributed by atoms with Crippen molar-refractivity contribution in [3.8, 4) is 11.6 Å². The molecule has 2 aromatic heterocycles. The Hall–Kier alpha value is -2.44. The van der Waals surface area contributed by atoms with Gasteiger partial charge >= 0.3 is 5.97 Å². The molecular weight excluding hydrogens is 224 g/mol. The molecule has 0 unspecified atom stereocenters. The average molecular weight is 234 g/mol. The predicted molar refractivity (Wildman–Crippen MR) is 56.7 cm³/mol. The molecule has 88 valence electrons. The highest BCUT2D eigenvalue weighted by atomic mass is 16.5. The zero-order valence-electron chi connectivity index (χ0n) is 9.32. The monoisotopic (exact) mass is 234 g/mol. The Morgan fingerprint density at radius 2 is 2.12 bits per heavy atom. The lowest BCUT2D eigenvalue weighted by molar-refractivity contribution is 0.0593. The van der Waals surface area contributed by atoms with Gasteiger partial charge in [-0.1, -0.05) is 0 Å². The maximum Gasteiger partial charge on any atom is 0.358 e. The number of hydrogen-bond acceptors (Lipinski definition) is 6. The molecule has 0 aliphatic carbocycles. The summed E-state index contributed by atoms with van der Waals surface area (Å²) in [4.78, 5) is 18.9. The first kappa shape index (κ1) is 11.1. The molecule has 0 spiro atoms. The molecule has 7 nitrogen and oxygen atoms in total. The van der Waals surface area contributed by atoms with E-state index in [-0.39, 0.29) is 11.6 Å². The Labute approximate surface area is 97.0 Å². The lowest BCUT2D eigenvalue weighted by Crippen LogP contribution is -2.04. The van der Waals surface area contributed by atoms with Gasteiger partial charge in [0.2, 0.25) is 5.88 Å². The van der Waals surface area contributed by atoms with Crippen molar-refractivity contribution in [3.63, 3.8) is 0 Å². The van der Waals surface area contributed by atoms with Gasteiger partial charge in [-0.25, -0.2) is 14.8 Å². The largest absolute Gasteiger partial charge is 0.464 e. The number of aromatic nitrogens is 4. The number of ether oxygens (including phenoxy) is 2. The minimum Gasteiger partial charge on any atom is -0.464 e. The molecule has 0 amide bonds. The third kappa shape index (κ3) is 2.57. The van der Waals surface area contributed by atoms with Gasteiger partial charge in [0.05, 0.1) is 31.9 Å². The fraction of sp³-hybridized carbons (Fsp3) is 0.200. The van der Waals surface area contributed by atoms with Crippen LogP contribution in [0.25, 0.3) is 0 Å². The normalized spacial score (nSPS) is 10.0. The number of nitrogens with zero attached hydrogens (tertiary/aromatic N) is 4. The Balaban J connectivity index is 2.10. The van der Waals surface area contributed by atoms with Crippen LogP contribution in [0.15, 0.2) is 24.8 Å². The molecule has 2 heterocycles. The number of methoxy groups -OCH3 is 1. The fourth-order valence-corrected chi connectivity index (χ4v) is 1.15. The molecule has 0 fully saturated rings. The second kappa shape index (κ2) is 4.60. The van der Waals surface area contributed by atoms with E-state index in [0.29, 0.717) is 5.75 Å². The van der Waals surface area contributed by atoms with Crippen LogP contribution < -0.4 is 4.74 Å². The summed E-state index contributed by atoms with van der Waals surface area (Å²) < 4.78 is 11.5. The fourth-order valence-electron chi connectivity index (χ4n) is 1.15. The van der Waals surface area contributed by atoms with Gasteiger partial charge in [0, 0.05) is 7.05 Å². The quantitative estimate of drug-likeness (QED) is 0.730. The van der Waals surface area contributed by atoms with Crippen LogP contribution in [0.3, 0.4) is 0 Å². The van der Waals surface area contributed by atoms with E-state index in [1.165, 1.54) is 19.5 Å². The van der Waals surface area contributed by atoms with Crippen LogP contribution in [-0.4, -0.2) is 32.8 Å². The molecule has 0 saturated heterocycles. The summed E-state index contributed by atoms with van der Waals surface area (Å²) in [6, 6.07) is 0. The van der Waals surface area contributed by atoms with E-state index in [1.807, 2.05) is 0 Å². The first-order valence-electron chi connectivity index (χ1n) is 4.76. The van der Waals surface area contributed by atoms with Crippen molar-refractivity contribution in [2.45, 2.75) is 0 Å². The Morgan fingerprint density at radius 3 is 2.65 bits per heavy atom. The number of esters is 1. The molecular formula is C10H10N4O3. The van der Waals surface area contributed by atoms with Crippen LogP contribution in [-0.2, 0) is 11.8 Å². The molecule has 0 radical (unpaired) electrons. The van der Waals surface area contributed by atoms with E-state index in [1.54, 1.807) is 24.1 Å². The second-order valence-electron chi connectivity index (χ2n) is 3.18. The van der Waals surface area contributed by atoms with Crippen LogP contribution in [0.4, 0.5) is 0 Å². The Morgan fingerprint density at radius 1 is 1.29 bits per heavy atom. The minimum absolute atomic E-state index is 0.131. The molecule has 7 heteroatoms. The molecule has 2 rings (SSSR count). The minimum atomic E-state index is -0.537. The van der Waals surface area contributed by atoms with Gasteiger partial charge in [0.15, 0.2) is 11.4 Å². The zero-order valence-corrected chi connectivity index (χ0v) is 9.32. The third-order valence-electron chi connectivity index (χ3n) is 1.93. The summed E-state index contributed by atoms with van der Waals surface area (Å²) in [5.41, 5.74) is 0.131. The van der Waals surface area contributed by atoms with Gasteiger partial charge in [-0.15, -0.1) is 0 Å². The molecule has 0 N–H and O–H groups in total. The average Bonchev–Trinajstić information content (AvgIpc) is 2.75. The molecule has 0 aliphatic rings. The molecule has 0 aromatic carbocycles. The van der Waals surface area contributed by atoms with Crippen molar-refractivity contribution in [1.29, 1.82) is 0 Å². The SMILES string of the molecule is COC(=O)c1cnc(Oc2cnn(C)c2)cn1. The van der Waals surface area contributed by atoms with Gasteiger partial charge in [-0.2, -0.15) is 5.10 Å². The van der Waals surface area contributed by atoms with Crippen molar-refractivity contribution in [2.75, 3.05) is 7.11 Å². The summed E-state index contributed by atoms with van der Waals surface area (Å²) in [7, 11) is 3.06. The van der Waals surface area contributed by atoms with E-state index in [4.69, 9.17) is 4.74 Å². The maximum atomic E-state index is 11.1. The van der Waals surface area contributed by atoms with Crippen LogP contribution in [0.5, 0.6) is 11.6 Å². The smallest absolute Gasteiger partial charge is 0.358 e. The number of hydrogen-bond donors (Lipinski definition) is 0. The van der Waals surface area contributed by atoms with E-state index < -0.39 is 5.97 Å². The van der Waals surface area contributed by atoms with Gasteiger partial charge in [0.1, 0.15) is 0 Å². The molecule has 0 bridgehead atoms. The summed E-state index contributed by atoms with van der Waals surface area (Å²) in [6.07, 6.45) is 5.88. The predicted octanol–water partition coefficient (Wildman–Crippen LogP) is 0.789. The zero-order chi connectivity index (χ0) is 12.3. The highest BCUT2D eigenvalue weighted by Gasteiger charge is 2.08. The summed E-state index contributed by atoms with van der Waals surface area (Å²) in [6.45, 7) is 0. The van der Waals surface area contributed by atoms with Crippen molar-refractivity contribution in [3.05, 3.63) is 30.5 Å². The highest BCUT2D eigenvalue weighted by molar-refractivity contribution is 5.86. The van der Waals surface area contributed by atoms with Gasteiger partial charge in [-0.05, 0) is 0 Å². The first-order chi connectivity index (χ1) is 8.19. The molecule has 0 saturated carbocycles. The van der Waals surface area contributed by atoms with E-state index in [0.717, 1.165) is 0 Å². The number of carbonyl (C=O) groups is 1. The summed E-state index contributed by atoms with van der Waals surface area (Å²) >= 11 is 0. The lowest BCUT2D eigenvalue weighted by atomic mass is 10.4. The summed E-state index contributed by atoms with van der Waals surface area (Å²) in [5, 5.41) is 3.94. The first-order valence-corrected chi connectivity index (χ1v) is 4.76. The lowest BCUT2D eigenvalue weighted by Gasteiger charge is -2.01. The molecule has 17 heavy (non-hydrogen) atoms. The van der Waals surface area contributed by atoms with Gasteiger partial charge in [-0.3, -0.25) is 4.68 Å². The molecule has 0 aliphatic heterocycles. The van der Waals surface area contributed by atoms with Crippen LogP contribution in [0.2, 0.25) is 0 Å². The molecule has 0 atom stereocenters. The number of rotatable bonds is 3. The number of aryl methyl sites for hydroxylation is 1. The standard InChI is InChI=1S/C10H10N4O3/c1-14-6-7(3-13-14)17-9-5-11-8(4-12-9)10(15)16-2/h3-6H,1-2H3. The van der Waals surface area contributed by atoms with E-state index >= 15 is 0 Å². The topological polar surface area (TPSA) is 79.1 Å². The molecule has 2 aromatic rings. The van der Waals surface area contributed by atoms with Crippen molar-refractivity contribution < 1.29 is 14.3 Å². The van der Waals surface area contributed by atoms with E-state index in [2.05, 4.69) is 19.8 Å². The summed E-state index contributed by atoms with van der Waals surface area (Å²) in [5.74, 6) is 0.295. The van der Waals surface area contributed by atoms with Crippen LogP contribution >= 0.6 is 0 Å².